The number of fused-ring (bicyclic) bond motifs is 1. The molecule has 0 saturated heterocycles. The molecule has 0 aliphatic heterocycles. The molecule has 0 spiro atoms. The standard InChI is InChI=1S/C36H54F2O2/c1-3-5-6-7-25-8-12-27(13-9-25)29-16-18-32-23-30(17-19-31(32)22-29)28-14-10-26(11-15-28)24-40-34-21-20-33(39-4-2)35(37)36(34)38/h3,5,20-21,25-32H,4,6-19,22-24H2,1-2H3. The third kappa shape index (κ3) is 7.43. The molecule has 4 unspecified atom stereocenters. The molecular formula is C36H54F2O2. The average molecular weight is 557 g/mol. The molecule has 40 heavy (non-hydrogen) atoms. The highest BCUT2D eigenvalue weighted by atomic mass is 19.2. The molecule has 0 heterocycles. The van der Waals surface area contributed by atoms with Gasteiger partial charge in [0.15, 0.2) is 11.5 Å². The average Bonchev–Trinajstić information content (AvgIpc) is 2.99. The smallest absolute Gasteiger partial charge is 0.204 e. The highest BCUT2D eigenvalue weighted by Crippen LogP contribution is 2.52. The molecule has 4 aliphatic rings. The van der Waals surface area contributed by atoms with Gasteiger partial charge in [-0.3, -0.25) is 0 Å². The van der Waals surface area contributed by atoms with E-state index in [1.54, 1.807) is 6.92 Å². The van der Waals surface area contributed by atoms with Gasteiger partial charge < -0.3 is 9.47 Å². The maximum absolute atomic E-state index is 14.4. The van der Waals surface area contributed by atoms with Gasteiger partial charge in [-0.05, 0) is 163 Å². The molecule has 5 rings (SSSR count). The molecule has 224 valence electrons. The fourth-order valence-electron chi connectivity index (χ4n) is 9.19. The fourth-order valence-corrected chi connectivity index (χ4v) is 9.19. The Balaban J connectivity index is 1.01. The predicted molar refractivity (Wildman–Crippen MR) is 160 cm³/mol. The van der Waals surface area contributed by atoms with Gasteiger partial charge in [-0.25, -0.2) is 0 Å². The number of halogens is 2. The first-order valence-electron chi connectivity index (χ1n) is 16.9. The monoisotopic (exact) mass is 556 g/mol. The third-order valence-corrected chi connectivity index (χ3v) is 11.6. The summed E-state index contributed by atoms with van der Waals surface area (Å²) in [6.07, 6.45) is 26.9. The van der Waals surface area contributed by atoms with E-state index in [9.17, 15) is 8.78 Å². The van der Waals surface area contributed by atoms with Crippen LogP contribution in [0.3, 0.4) is 0 Å². The van der Waals surface area contributed by atoms with Crippen LogP contribution in [0.1, 0.15) is 117 Å². The van der Waals surface area contributed by atoms with E-state index in [0.717, 1.165) is 54.3 Å². The molecule has 1 aromatic rings. The van der Waals surface area contributed by atoms with Crippen LogP contribution in [0.4, 0.5) is 8.78 Å². The molecule has 4 fully saturated rings. The lowest BCUT2D eigenvalue weighted by Crippen LogP contribution is -2.37. The largest absolute Gasteiger partial charge is 0.491 e. The van der Waals surface area contributed by atoms with Crippen molar-refractivity contribution in [2.45, 2.75) is 117 Å². The van der Waals surface area contributed by atoms with Crippen molar-refractivity contribution in [3.8, 4) is 11.5 Å². The molecule has 0 aromatic heterocycles. The third-order valence-electron chi connectivity index (χ3n) is 11.6. The van der Waals surface area contributed by atoms with Gasteiger partial charge in [-0.15, -0.1) is 0 Å². The molecule has 1 aromatic carbocycles. The Kier molecular flexibility index (Phi) is 10.9. The summed E-state index contributed by atoms with van der Waals surface area (Å²) in [4.78, 5) is 0. The Hall–Kier alpha value is -1.58. The van der Waals surface area contributed by atoms with Gasteiger partial charge in [0.1, 0.15) is 0 Å². The first-order chi connectivity index (χ1) is 19.6. The van der Waals surface area contributed by atoms with E-state index >= 15 is 0 Å². The van der Waals surface area contributed by atoms with Crippen LogP contribution in [0.25, 0.3) is 0 Å². The van der Waals surface area contributed by atoms with Crippen LogP contribution in [0, 0.1) is 59.0 Å². The normalized spacial score (nSPS) is 34.9. The summed E-state index contributed by atoms with van der Waals surface area (Å²) >= 11 is 0. The van der Waals surface area contributed by atoms with Crippen molar-refractivity contribution in [2.24, 2.45) is 47.3 Å². The summed E-state index contributed by atoms with van der Waals surface area (Å²) in [6.45, 7) is 4.68. The zero-order valence-electron chi connectivity index (χ0n) is 25.2. The van der Waals surface area contributed by atoms with E-state index in [4.69, 9.17) is 9.47 Å². The van der Waals surface area contributed by atoms with E-state index in [-0.39, 0.29) is 11.5 Å². The van der Waals surface area contributed by atoms with Crippen molar-refractivity contribution in [1.82, 2.24) is 0 Å². The van der Waals surface area contributed by atoms with Gasteiger partial charge in [-0.1, -0.05) is 25.0 Å². The van der Waals surface area contributed by atoms with Crippen LogP contribution in [0.5, 0.6) is 11.5 Å². The van der Waals surface area contributed by atoms with E-state index in [1.165, 1.54) is 102 Å². The number of hydrogen-bond acceptors (Lipinski definition) is 2. The van der Waals surface area contributed by atoms with Gasteiger partial charge in [0.05, 0.1) is 13.2 Å². The van der Waals surface area contributed by atoms with Crippen molar-refractivity contribution in [2.75, 3.05) is 13.2 Å². The van der Waals surface area contributed by atoms with Gasteiger partial charge >= 0.3 is 0 Å². The number of hydrogen-bond donors (Lipinski definition) is 0. The summed E-state index contributed by atoms with van der Waals surface area (Å²) in [7, 11) is 0. The molecule has 0 bridgehead atoms. The Morgan fingerprint density at radius 1 is 0.650 bits per heavy atom. The van der Waals surface area contributed by atoms with E-state index < -0.39 is 11.6 Å². The van der Waals surface area contributed by atoms with Crippen LogP contribution in [-0.4, -0.2) is 13.2 Å². The topological polar surface area (TPSA) is 18.5 Å². The van der Waals surface area contributed by atoms with Crippen LogP contribution in [0.2, 0.25) is 0 Å². The number of rotatable bonds is 10. The zero-order valence-corrected chi connectivity index (χ0v) is 25.2. The van der Waals surface area contributed by atoms with Gasteiger partial charge in [-0.2, -0.15) is 8.78 Å². The van der Waals surface area contributed by atoms with E-state index in [1.807, 2.05) is 0 Å². The minimum atomic E-state index is -0.948. The summed E-state index contributed by atoms with van der Waals surface area (Å²) in [5, 5.41) is 0. The summed E-state index contributed by atoms with van der Waals surface area (Å²) in [5.41, 5.74) is 0. The molecule has 4 saturated carbocycles. The van der Waals surface area contributed by atoms with E-state index in [2.05, 4.69) is 19.1 Å². The second kappa shape index (κ2) is 14.5. The molecular weight excluding hydrogens is 502 g/mol. The van der Waals surface area contributed by atoms with Crippen LogP contribution in [-0.2, 0) is 0 Å². The SMILES string of the molecule is CC=CCCC1CCC(C2CCC3CC(C4CCC(COc5ccc(OCC)c(F)c5F)CC4)CCC3C2)CC1. The lowest BCUT2D eigenvalue weighted by Gasteiger charge is -2.47. The van der Waals surface area contributed by atoms with Gasteiger partial charge in [0.2, 0.25) is 11.6 Å². The molecule has 0 N–H and O–H groups in total. The highest BCUT2D eigenvalue weighted by molar-refractivity contribution is 5.35. The fraction of sp³-hybridized carbons (Fsp3) is 0.778. The molecule has 4 heteroatoms. The summed E-state index contributed by atoms with van der Waals surface area (Å²) in [6, 6.07) is 2.97. The Morgan fingerprint density at radius 3 is 1.60 bits per heavy atom. The maximum Gasteiger partial charge on any atom is 0.204 e. The molecule has 4 atom stereocenters. The Bertz CT molecular complexity index is 944. The lowest BCUT2D eigenvalue weighted by molar-refractivity contribution is 0.0352. The first kappa shape index (κ1) is 29.9. The van der Waals surface area contributed by atoms with Crippen molar-refractivity contribution in [1.29, 1.82) is 0 Å². The molecule has 2 nitrogen and oxygen atoms in total. The second-order valence-electron chi connectivity index (χ2n) is 13.8. The summed E-state index contributed by atoms with van der Waals surface area (Å²) in [5.74, 6) is 5.27. The minimum Gasteiger partial charge on any atom is -0.491 e. The van der Waals surface area contributed by atoms with Crippen LogP contribution >= 0.6 is 0 Å². The zero-order chi connectivity index (χ0) is 27.9. The van der Waals surface area contributed by atoms with Crippen molar-refractivity contribution in [3.05, 3.63) is 35.9 Å². The highest BCUT2D eigenvalue weighted by Gasteiger charge is 2.41. The summed E-state index contributed by atoms with van der Waals surface area (Å²) < 4.78 is 39.5. The van der Waals surface area contributed by atoms with E-state index in [0.29, 0.717) is 19.1 Å². The quantitative estimate of drug-likeness (QED) is 0.267. The lowest BCUT2D eigenvalue weighted by atomic mass is 9.58. The van der Waals surface area contributed by atoms with Crippen molar-refractivity contribution in [3.63, 3.8) is 0 Å². The van der Waals surface area contributed by atoms with Gasteiger partial charge in [0, 0.05) is 0 Å². The molecule has 4 aliphatic carbocycles. The number of ether oxygens (including phenoxy) is 2. The van der Waals surface area contributed by atoms with Crippen LogP contribution < -0.4 is 9.47 Å². The second-order valence-corrected chi connectivity index (χ2v) is 13.8. The number of benzene rings is 1. The van der Waals surface area contributed by atoms with Crippen LogP contribution in [0.15, 0.2) is 24.3 Å². The number of allylic oxidation sites excluding steroid dienone is 2. The Labute approximate surface area is 242 Å². The van der Waals surface area contributed by atoms with Crippen molar-refractivity contribution < 1.29 is 18.3 Å². The first-order valence-corrected chi connectivity index (χ1v) is 16.9. The molecule has 0 radical (unpaired) electrons. The molecule has 0 amide bonds. The predicted octanol–water partition coefficient (Wildman–Crippen LogP) is 10.5. The maximum atomic E-state index is 14.4. The minimum absolute atomic E-state index is 0.00875. The van der Waals surface area contributed by atoms with Crippen molar-refractivity contribution >= 4 is 0 Å². The Morgan fingerprint density at radius 2 is 1.10 bits per heavy atom. The van der Waals surface area contributed by atoms with Gasteiger partial charge in [0.25, 0.3) is 0 Å².